The van der Waals surface area contributed by atoms with E-state index in [2.05, 4.69) is 0 Å². The molecule has 0 radical (unpaired) electrons. The monoisotopic (exact) mass is 469 g/mol. The molecule has 0 bridgehead atoms. The maximum Gasteiger partial charge on any atom is 0.339 e. The number of benzene rings is 3. The zero-order valence-electron chi connectivity index (χ0n) is 18.3. The third-order valence-corrected chi connectivity index (χ3v) is 5.18. The summed E-state index contributed by atoms with van der Waals surface area (Å²) < 4.78 is 16.4. The summed E-state index contributed by atoms with van der Waals surface area (Å²) in [4.78, 5) is 26.3. The van der Waals surface area contributed by atoms with Crippen molar-refractivity contribution in [2.24, 2.45) is 0 Å². The number of aromatic carboxylic acids is 1. The zero-order valence-corrected chi connectivity index (χ0v) is 19.0. The van der Waals surface area contributed by atoms with Crippen molar-refractivity contribution in [3.05, 3.63) is 88.4 Å². The highest BCUT2D eigenvalue weighted by atomic mass is 35.5. The van der Waals surface area contributed by atoms with E-state index in [1.807, 2.05) is 36.4 Å². The first-order chi connectivity index (χ1) is 15.9. The van der Waals surface area contributed by atoms with Crippen LogP contribution in [0.25, 0.3) is 0 Å². The van der Waals surface area contributed by atoms with Crippen LogP contribution in [0.3, 0.4) is 0 Å². The van der Waals surface area contributed by atoms with Crippen LogP contribution < -0.4 is 14.2 Å². The molecule has 0 saturated carbocycles. The Morgan fingerprint density at radius 3 is 2.30 bits per heavy atom. The number of carbonyl (C=O) groups is 2. The summed E-state index contributed by atoms with van der Waals surface area (Å²) in [7, 11) is 3.13. The number of halogens is 1. The Labute approximate surface area is 197 Å². The SMILES string of the molecule is COc1ccc(OC)c(CN(Cc2ccccc2)C(=O)COc2ccc(Cl)cc2C(=O)O)c1. The van der Waals surface area contributed by atoms with E-state index in [1.165, 1.54) is 18.2 Å². The number of ether oxygens (including phenoxy) is 3. The second-order valence-electron chi connectivity index (χ2n) is 7.15. The summed E-state index contributed by atoms with van der Waals surface area (Å²) in [5.41, 5.74) is 1.59. The molecule has 33 heavy (non-hydrogen) atoms. The Balaban J connectivity index is 1.84. The number of carboxylic acid groups (broad SMARTS) is 1. The minimum atomic E-state index is -1.19. The molecule has 8 heteroatoms. The molecule has 1 N–H and O–H groups in total. The summed E-state index contributed by atoms with van der Waals surface area (Å²) in [5, 5.41) is 9.67. The van der Waals surface area contributed by atoms with Gasteiger partial charge in [0.2, 0.25) is 0 Å². The summed E-state index contributed by atoms with van der Waals surface area (Å²) in [6.45, 7) is 0.223. The van der Waals surface area contributed by atoms with Gasteiger partial charge in [0.15, 0.2) is 6.61 Å². The maximum atomic E-state index is 13.2. The first-order valence-corrected chi connectivity index (χ1v) is 10.5. The number of nitrogens with zero attached hydrogens (tertiary/aromatic N) is 1. The minimum Gasteiger partial charge on any atom is -0.497 e. The van der Waals surface area contributed by atoms with Crippen molar-refractivity contribution in [3.8, 4) is 17.2 Å². The highest BCUT2D eigenvalue weighted by Gasteiger charge is 2.20. The van der Waals surface area contributed by atoms with Crippen LogP contribution in [0, 0.1) is 0 Å². The first kappa shape index (κ1) is 23.9. The Bertz CT molecular complexity index is 1120. The number of hydrogen-bond acceptors (Lipinski definition) is 5. The number of hydrogen-bond donors (Lipinski definition) is 1. The average molecular weight is 470 g/mol. The highest BCUT2D eigenvalue weighted by Crippen LogP contribution is 2.27. The second-order valence-corrected chi connectivity index (χ2v) is 7.58. The standard InChI is InChI=1S/C25H24ClNO6/c1-31-20-9-11-22(32-2)18(12-20)15-27(14-17-6-4-3-5-7-17)24(28)16-33-23-10-8-19(26)13-21(23)25(29)30/h3-13H,14-16H2,1-2H3,(H,29,30). The van der Waals surface area contributed by atoms with Crippen molar-refractivity contribution in [1.29, 1.82) is 0 Å². The van der Waals surface area contributed by atoms with Gasteiger partial charge in [0.05, 0.1) is 14.2 Å². The van der Waals surface area contributed by atoms with Gasteiger partial charge in [-0.3, -0.25) is 4.79 Å². The highest BCUT2D eigenvalue weighted by molar-refractivity contribution is 6.31. The van der Waals surface area contributed by atoms with E-state index in [4.69, 9.17) is 25.8 Å². The van der Waals surface area contributed by atoms with Gasteiger partial charge in [-0.15, -0.1) is 0 Å². The van der Waals surface area contributed by atoms with E-state index in [9.17, 15) is 14.7 Å². The smallest absolute Gasteiger partial charge is 0.339 e. The van der Waals surface area contributed by atoms with Crippen LogP contribution in [-0.2, 0) is 17.9 Å². The fourth-order valence-electron chi connectivity index (χ4n) is 3.27. The van der Waals surface area contributed by atoms with Crippen molar-refractivity contribution in [2.45, 2.75) is 13.1 Å². The first-order valence-electron chi connectivity index (χ1n) is 10.1. The maximum absolute atomic E-state index is 13.2. The Kier molecular flexibility index (Phi) is 8.16. The number of methoxy groups -OCH3 is 2. The molecule has 0 aliphatic carbocycles. The largest absolute Gasteiger partial charge is 0.497 e. The molecule has 0 heterocycles. The van der Waals surface area contributed by atoms with Crippen LogP contribution in [0.1, 0.15) is 21.5 Å². The van der Waals surface area contributed by atoms with Gasteiger partial charge in [0, 0.05) is 23.7 Å². The van der Waals surface area contributed by atoms with Crippen molar-refractivity contribution < 1.29 is 28.9 Å². The molecule has 1 amide bonds. The van der Waals surface area contributed by atoms with E-state index in [0.29, 0.717) is 18.0 Å². The van der Waals surface area contributed by atoms with Crippen molar-refractivity contribution >= 4 is 23.5 Å². The van der Waals surface area contributed by atoms with Crippen molar-refractivity contribution in [3.63, 3.8) is 0 Å². The molecule has 7 nitrogen and oxygen atoms in total. The quantitative estimate of drug-likeness (QED) is 0.464. The molecule has 3 aromatic rings. The average Bonchev–Trinajstić information content (AvgIpc) is 2.83. The van der Waals surface area contributed by atoms with Gasteiger partial charge in [-0.1, -0.05) is 41.9 Å². The molecule has 0 aliphatic heterocycles. The molecular formula is C25H24ClNO6. The van der Waals surface area contributed by atoms with E-state index < -0.39 is 5.97 Å². The molecular weight excluding hydrogens is 446 g/mol. The van der Waals surface area contributed by atoms with E-state index in [-0.39, 0.29) is 35.4 Å². The number of rotatable bonds is 10. The molecule has 0 spiro atoms. The van der Waals surface area contributed by atoms with Crippen molar-refractivity contribution in [1.82, 2.24) is 4.90 Å². The number of amides is 1. The summed E-state index contributed by atoms with van der Waals surface area (Å²) >= 11 is 5.89. The number of carboxylic acids is 1. The van der Waals surface area contributed by atoms with Gasteiger partial charge in [-0.25, -0.2) is 4.79 Å². The molecule has 3 rings (SSSR count). The predicted molar refractivity (Wildman–Crippen MR) is 124 cm³/mol. The van der Waals surface area contributed by atoms with Gasteiger partial charge >= 0.3 is 5.97 Å². The Morgan fingerprint density at radius 1 is 0.909 bits per heavy atom. The molecule has 0 unspecified atom stereocenters. The zero-order chi connectivity index (χ0) is 23.8. The Hall–Kier alpha value is -3.71. The third-order valence-electron chi connectivity index (χ3n) is 4.94. The van der Waals surface area contributed by atoms with Gasteiger partial charge in [-0.05, 0) is 42.0 Å². The normalized spacial score (nSPS) is 10.4. The lowest BCUT2D eigenvalue weighted by atomic mass is 10.1. The van der Waals surface area contributed by atoms with Crippen LogP contribution >= 0.6 is 11.6 Å². The van der Waals surface area contributed by atoms with Gasteiger partial charge in [0.1, 0.15) is 22.8 Å². The van der Waals surface area contributed by atoms with E-state index >= 15 is 0 Å². The van der Waals surface area contributed by atoms with E-state index in [1.54, 1.807) is 31.3 Å². The molecule has 3 aromatic carbocycles. The molecule has 172 valence electrons. The van der Waals surface area contributed by atoms with Crippen LogP contribution in [0.2, 0.25) is 5.02 Å². The summed E-state index contributed by atoms with van der Waals surface area (Å²) in [6.07, 6.45) is 0. The summed E-state index contributed by atoms with van der Waals surface area (Å²) in [5.74, 6) is -0.189. The molecule has 0 fully saturated rings. The fourth-order valence-corrected chi connectivity index (χ4v) is 3.45. The van der Waals surface area contributed by atoms with Crippen LogP contribution in [0.5, 0.6) is 17.2 Å². The minimum absolute atomic E-state index is 0.0684. The topological polar surface area (TPSA) is 85.3 Å². The lowest BCUT2D eigenvalue weighted by Gasteiger charge is -2.24. The van der Waals surface area contributed by atoms with Crippen LogP contribution in [0.4, 0.5) is 0 Å². The molecule has 0 atom stereocenters. The van der Waals surface area contributed by atoms with Crippen LogP contribution in [0.15, 0.2) is 66.7 Å². The molecule has 0 saturated heterocycles. The van der Waals surface area contributed by atoms with Gasteiger partial charge in [0.25, 0.3) is 5.91 Å². The second kappa shape index (κ2) is 11.2. The predicted octanol–water partition coefficient (Wildman–Crippen LogP) is 4.66. The lowest BCUT2D eigenvalue weighted by molar-refractivity contribution is -0.134. The molecule has 0 aliphatic rings. The summed E-state index contributed by atoms with van der Waals surface area (Å²) in [6, 6.07) is 19.1. The Morgan fingerprint density at radius 2 is 1.64 bits per heavy atom. The number of carbonyl (C=O) groups excluding carboxylic acids is 1. The molecule has 0 aromatic heterocycles. The van der Waals surface area contributed by atoms with Gasteiger partial charge in [-0.2, -0.15) is 0 Å². The van der Waals surface area contributed by atoms with Crippen molar-refractivity contribution in [2.75, 3.05) is 20.8 Å². The fraction of sp³-hybridized carbons (Fsp3) is 0.200. The third kappa shape index (κ3) is 6.40. The lowest BCUT2D eigenvalue weighted by Crippen LogP contribution is -2.34. The van der Waals surface area contributed by atoms with E-state index in [0.717, 1.165) is 11.1 Å². The van der Waals surface area contributed by atoms with Gasteiger partial charge < -0.3 is 24.2 Å². The van der Waals surface area contributed by atoms with Crippen LogP contribution in [-0.4, -0.2) is 42.7 Å².